The Morgan fingerprint density at radius 3 is 2.78 bits per heavy atom. The molecule has 2 heterocycles. The molecule has 0 saturated heterocycles. The van der Waals surface area contributed by atoms with Gasteiger partial charge in [-0.3, -0.25) is 9.59 Å². The highest BCUT2D eigenvalue weighted by Gasteiger charge is 2.44. The molecule has 2 amide bonds. The normalized spacial score (nSPS) is 20.5. The van der Waals surface area contributed by atoms with E-state index in [4.69, 9.17) is 16.3 Å². The van der Waals surface area contributed by atoms with Crippen LogP contribution in [0.1, 0.15) is 30.4 Å². The van der Waals surface area contributed by atoms with Crippen LogP contribution in [0.15, 0.2) is 52.4 Å². The number of amides is 2. The van der Waals surface area contributed by atoms with E-state index in [1.165, 1.54) is 17.8 Å². The van der Waals surface area contributed by atoms with Gasteiger partial charge in [-0.1, -0.05) is 41.6 Å². The van der Waals surface area contributed by atoms with Crippen molar-refractivity contribution in [2.45, 2.75) is 25.0 Å². The van der Waals surface area contributed by atoms with Crippen molar-refractivity contribution in [2.24, 2.45) is 15.9 Å². The van der Waals surface area contributed by atoms with Gasteiger partial charge in [0.15, 0.2) is 16.7 Å². The molecule has 2 unspecified atom stereocenters. The second kappa shape index (κ2) is 9.34. The summed E-state index contributed by atoms with van der Waals surface area (Å²) in [4.78, 5) is 35.8. The average molecular weight is 472 g/mol. The molecular weight excluding hydrogens is 450 g/mol. The van der Waals surface area contributed by atoms with Crippen LogP contribution in [-0.2, 0) is 15.3 Å². The van der Waals surface area contributed by atoms with Crippen LogP contribution in [0.4, 0.5) is 0 Å². The number of ether oxygens (including phenoxy) is 1. The molecule has 0 bridgehead atoms. The van der Waals surface area contributed by atoms with Gasteiger partial charge in [0.05, 0.1) is 6.61 Å². The molecule has 2 atom stereocenters. The molecule has 0 radical (unpaired) electrons. The highest BCUT2D eigenvalue weighted by Crippen LogP contribution is 2.40. The first-order valence-corrected chi connectivity index (χ1v) is 11.5. The summed E-state index contributed by atoms with van der Waals surface area (Å²) in [5, 5.41) is 11.2. The van der Waals surface area contributed by atoms with Crippen molar-refractivity contribution in [1.29, 1.82) is 0 Å². The Labute approximate surface area is 195 Å². The molecule has 2 aliphatic rings. The maximum atomic E-state index is 13.1. The number of fused-ring (bicyclic) bond motifs is 1. The largest absolute Gasteiger partial charge is 0.504 e. The number of phenols is 1. The lowest BCUT2D eigenvalue weighted by molar-refractivity contribution is -0.122. The molecule has 0 aliphatic carbocycles. The number of rotatable bonds is 5. The number of halogens is 1. The first kappa shape index (κ1) is 22.4. The van der Waals surface area contributed by atoms with Gasteiger partial charge in [0.2, 0.25) is 5.91 Å². The first-order valence-electron chi connectivity index (χ1n) is 10.2. The number of carbonyl (C=O) groups is 2. The molecular formula is C23H22ClN3O4S. The second-order valence-electron chi connectivity index (χ2n) is 7.52. The number of hydrogen-bond donors (Lipinski definition) is 1. The van der Waals surface area contributed by atoms with Crippen LogP contribution in [0.5, 0.6) is 11.5 Å². The summed E-state index contributed by atoms with van der Waals surface area (Å²) in [7, 11) is 1.76. The van der Waals surface area contributed by atoms with Crippen LogP contribution in [-0.4, -0.2) is 46.5 Å². The summed E-state index contributed by atoms with van der Waals surface area (Å²) in [6, 6.07) is 12.4. The third-order valence-corrected chi connectivity index (χ3v) is 6.72. The molecule has 1 N–H and O–H groups in total. The van der Waals surface area contributed by atoms with Crippen LogP contribution in [0.3, 0.4) is 0 Å². The number of carbonyl (C=O) groups excluding carboxylic acids is 2. The van der Waals surface area contributed by atoms with Gasteiger partial charge in [-0.25, -0.2) is 0 Å². The van der Waals surface area contributed by atoms with Crippen molar-refractivity contribution >= 4 is 46.2 Å². The molecule has 9 heteroatoms. The summed E-state index contributed by atoms with van der Waals surface area (Å²) in [6.45, 7) is 2.20. The number of nitrogens with zero attached hydrogens (tertiary/aromatic N) is 3. The monoisotopic (exact) mass is 471 g/mol. The third-order valence-electron chi connectivity index (χ3n) is 5.39. The van der Waals surface area contributed by atoms with Gasteiger partial charge < -0.3 is 14.7 Å². The van der Waals surface area contributed by atoms with Gasteiger partial charge >= 0.3 is 0 Å². The number of aliphatic imine (C=N–C) groups is 2. The molecule has 0 fully saturated rings. The van der Waals surface area contributed by atoms with Gasteiger partial charge in [-0.15, -0.1) is 0 Å². The Hall–Kier alpha value is -2.84. The van der Waals surface area contributed by atoms with E-state index >= 15 is 0 Å². The Balaban J connectivity index is 1.62. The van der Waals surface area contributed by atoms with E-state index < -0.39 is 11.8 Å². The van der Waals surface area contributed by atoms with E-state index in [2.05, 4.69) is 9.98 Å². The van der Waals surface area contributed by atoms with E-state index in [-0.39, 0.29) is 24.0 Å². The standard InChI is InChI=1S/C23H22ClN3O4S/c1-3-31-18-10-14(7-8-17(18)28)16-11-19(29)25-21-20(16)22(30)26-23(27(21)2)32-12-13-5-4-6-15(24)9-13/h4-10,16,20,28H,3,11-12H2,1-2H3. The van der Waals surface area contributed by atoms with Crippen LogP contribution >= 0.6 is 23.4 Å². The minimum atomic E-state index is -0.674. The van der Waals surface area contributed by atoms with Crippen molar-refractivity contribution in [3.05, 3.63) is 58.6 Å². The Morgan fingerprint density at radius 1 is 1.22 bits per heavy atom. The van der Waals surface area contributed by atoms with Crippen molar-refractivity contribution < 1.29 is 19.4 Å². The molecule has 7 nitrogen and oxygen atoms in total. The molecule has 4 rings (SSSR count). The molecule has 166 valence electrons. The van der Waals surface area contributed by atoms with Crippen LogP contribution in [0, 0.1) is 5.92 Å². The molecule has 32 heavy (non-hydrogen) atoms. The lowest BCUT2D eigenvalue weighted by Gasteiger charge is -2.37. The highest BCUT2D eigenvalue weighted by molar-refractivity contribution is 8.13. The molecule has 2 aromatic rings. The second-order valence-corrected chi connectivity index (χ2v) is 8.90. The summed E-state index contributed by atoms with van der Waals surface area (Å²) in [5.74, 6) is -0.448. The van der Waals surface area contributed by atoms with Gasteiger partial charge in [0, 0.05) is 30.2 Å². The van der Waals surface area contributed by atoms with E-state index in [9.17, 15) is 14.7 Å². The predicted molar refractivity (Wildman–Crippen MR) is 126 cm³/mol. The van der Waals surface area contributed by atoms with Gasteiger partial charge in [0.25, 0.3) is 5.91 Å². The number of aromatic hydroxyl groups is 1. The lowest BCUT2D eigenvalue weighted by atomic mass is 9.79. The van der Waals surface area contributed by atoms with Gasteiger partial charge in [0.1, 0.15) is 11.8 Å². The SMILES string of the molecule is CCOc1cc(C2CC(=O)N=C3C2C(=O)N=C(SCc2cccc(Cl)c2)N3C)ccc1O. The summed E-state index contributed by atoms with van der Waals surface area (Å²) < 4.78 is 5.48. The van der Waals surface area contributed by atoms with Gasteiger partial charge in [-0.2, -0.15) is 9.98 Å². The van der Waals surface area contributed by atoms with Crippen molar-refractivity contribution in [3.63, 3.8) is 0 Å². The van der Waals surface area contributed by atoms with Crippen molar-refractivity contribution in [3.8, 4) is 11.5 Å². The fraction of sp³-hybridized carbons (Fsp3) is 0.304. The first-order chi connectivity index (χ1) is 15.4. The van der Waals surface area contributed by atoms with Crippen molar-refractivity contribution in [2.75, 3.05) is 13.7 Å². The molecule has 0 spiro atoms. The number of benzene rings is 2. The maximum Gasteiger partial charge on any atom is 0.259 e. The summed E-state index contributed by atoms with van der Waals surface area (Å²) in [6.07, 6.45) is 0.0879. The molecule has 0 saturated carbocycles. The predicted octanol–water partition coefficient (Wildman–Crippen LogP) is 4.23. The zero-order valence-corrected chi connectivity index (χ0v) is 19.2. The number of hydrogen-bond acceptors (Lipinski definition) is 6. The summed E-state index contributed by atoms with van der Waals surface area (Å²) >= 11 is 7.44. The minimum Gasteiger partial charge on any atom is -0.504 e. The number of thioether (sulfide) groups is 1. The van der Waals surface area contributed by atoms with Crippen LogP contribution in [0.2, 0.25) is 5.02 Å². The fourth-order valence-corrected chi connectivity index (χ4v) is 5.01. The quantitative estimate of drug-likeness (QED) is 0.701. The Morgan fingerprint density at radius 2 is 2.03 bits per heavy atom. The Bertz CT molecular complexity index is 1130. The van der Waals surface area contributed by atoms with E-state index in [0.29, 0.717) is 34.1 Å². The molecule has 0 aromatic heterocycles. The minimum absolute atomic E-state index is 0.0106. The van der Waals surface area contributed by atoms with Crippen LogP contribution in [0.25, 0.3) is 0 Å². The number of amidine groups is 2. The maximum absolute atomic E-state index is 13.1. The average Bonchev–Trinajstić information content (AvgIpc) is 2.76. The lowest BCUT2D eigenvalue weighted by Crippen LogP contribution is -2.49. The van der Waals surface area contributed by atoms with Gasteiger partial charge in [-0.05, 0) is 42.3 Å². The Kier molecular flexibility index (Phi) is 6.53. The van der Waals surface area contributed by atoms with Crippen molar-refractivity contribution in [1.82, 2.24) is 4.90 Å². The van der Waals surface area contributed by atoms with Crippen LogP contribution < -0.4 is 4.74 Å². The smallest absolute Gasteiger partial charge is 0.259 e. The summed E-state index contributed by atoms with van der Waals surface area (Å²) in [5.41, 5.74) is 1.73. The van der Waals surface area contributed by atoms with E-state index in [1.807, 2.05) is 25.1 Å². The zero-order chi connectivity index (χ0) is 22.8. The van der Waals surface area contributed by atoms with E-state index in [1.54, 1.807) is 30.1 Å². The zero-order valence-electron chi connectivity index (χ0n) is 17.6. The third kappa shape index (κ3) is 4.52. The fourth-order valence-electron chi connectivity index (χ4n) is 3.88. The number of phenolic OH excluding ortho intramolecular Hbond substituents is 1. The van der Waals surface area contributed by atoms with E-state index in [0.717, 1.165) is 11.1 Å². The topological polar surface area (TPSA) is 91.6 Å². The molecule has 2 aliphatic heterocycles. The highest BCUT2D eigenvalue weighted by atomic mass is 35.5. The molecule has 2 aromatic carbocycles.